The van der Waals surface area contributed by atoms with Crippen molar-refractivity contribution in [1.82, 2.24) is 24.9 Å². The highest BCUT2D eigenvalue weighted by molar-refractivity contribution is 7.98. The number of pyridine rings is 2. The SMILES string of the molecule is CSCCC(NC(=O)c1ccc2nc(Cl)ccc2c1)c1nnc2ccccn12. The number of aromatic nitrogens is 4. The average Bonchev–Trinajstić information content (AvgIpc) is 3.14. The molecule has 8 heteroatoms. The predicted molar refractivity (Wildman–Crippen MR) is 113 cm³/mol. The molecule has 0 saturated heterocycles. The van der Waals surface area contributed by atoms with Crippen molar-refractivity contribution in [2.45, 2.75) is 12.5 Å². The van der Waals surface area contributed by atoms with E-state index < -0.39 is 0 Å². The summed E-state index contributed by atoms with van der Waals surface area (Å²) in [6.07, 6.45) is 4.71. The summed E-state index contributed by atoms with van der Waals surface area (Å²) in [4.78, 5) is 17.2. The molecule has 3 heterocycles. The molecule has 1 amide bonds. The van der Waals surface area contributed by atoms with E-state index in [4.69, 9.17) is 11.6 Å². The number of nitrogens with zero attached hydrogens (tertiary/aromatic N) is 4. The number of fused-ring (bicyclic) bond motifs is 2. The van der Waals surface area contributed by atoms with Crippen molar-refractivity contribution in [1.29, 1.82) is 0 Å². The van der Waals surface area contributed by atoms with E-state index >= 15 is 0 Å². The van der Waals surface area contributed by atoms with Gasteiger partial charge in [-0.1, -0.05) is 17.7 Å². The van der Waals surface area contributed by atoms with E-state index in [1.54, 1.807) is 30.0 Å². The van der Waals surface area contributed by atoms with Gasteiger partial charge in [-0.3, -0.25) is 9.20 Å². The van der Waals surface area contributed by atoms with Gasteiger partial charge in [-0.2, -0.15) is 11.8 Å². The lowest BCUT2D eigenvalue weighted by Gasteiger charge is -2.17. The number of amides is 1. The summed E-state index contributed by atoms with van der Waals surface area (Å²) in [7, 11) is 0. The zero-order valence-corrected chi connectivity index (χ0v) is 16.7. The van der Waals surface area contributed by atoms with Crippen molar-refractivity contribution in [2.24, 2.45) is 0 Å². The number of nitrogens with one attached hydrogen (secondary N) is 1. The smallest absolute Gasteiger partial charge is 0.251 e. The fraction of sp³-hybridized carbons (Fsp3) is 0.200. The second kappa shape index (κ2) is 8.16. The maximum Gasteiger partial charge on any atom is 0.251 e. The minimum absolute atomic E-state index is 0.157. The molecule has 6 nitrogen and oxygen atoms in total. The molecule has 1 unspecified atom stereocenters. The van der Waals surface area contributed by atoms with Crippen LogP contribution >= 0.6 is 23.4 Å². The van der Waals surface area contributed by atoms with Crippen LogP contribution in [0.15, 0.2) is 54.7 Å². The van der Waals surface area contributed by atoms with Crippen LogP contribution < -0.4 is 5.32 Å². The molecular formula is C20H18ClN5OS. The van der Waals surface area contributed by atoms with E-state index in [1.807, 2.05) is 47.2 Å². The second-order valence-corrected chi connectivity index (χ2v) is 7.71. The van der Waals surface area contributed by atoms with Crippen molar-refractivity contribution in [3.8, 4) is 0 Å². The molecule has 28 heavy (non-hydrogen) atoms. The summed E-state index contributed by atoms with van der Waals surface area (Å²) in [5.74, 6) is 1.47. The Morgan fingerprint density at radius 2 is 2.11 bits per heavy atom. The molecule has 1 atom stereocenters. The molecule has 0 aliphatic heterocycles. The van der Waals surface area contributed by atoms with Gasteiger partial charge >= 0.3 is 0 Å². The average molecular weight is 412 g/mol. The normalized spacial score (nSPS) is 12.4. The van der Waals surface area contributed by atoms with E-state index in [-0.39, 0.29) is 11.9 Å². The Kier molecular flexibility index (Phi) is 5.45. The van der Waals surface area contributed by atoms with Gasteiger partial charge < -0.3 is 5.32 Å². The Bertz CT molecular complexity index is 1150. The quantitative estimate of drug-likeness (QED) is 0.482. The maximum atomic E-state index is 12.9. The van der Waals surface area contributed by atoms with Gasteiger partial charge in [0.05, 0.1) is 11.6 Å². The topological polar surface area (TPSA) is 72.2 Å². The van der Waals surface area contributed by atoms with Crippen LogP contribution in [0, 0.1) is 0 Å². The Morgan fingerprint density at radius 1 is 1.21 bits per heavy atom. The zero-order chi connectivity index (χ0) is 19.5. The number of benzene rings is 1. The third-order valence-electron chi connectivity index (χ3n) is 4.49. The predicted octanol–water partition coefficient (Wildman–Crippen LogP) is 4.16. The van der Waals surface area contributed by atoms with Gasteiger partial charge in [0.2, 0.25) is 0 Å². The third-order valence-corrected chi connectivity index (χ3v) is 5.34. The number of hydrogen-bond donors (Lipinski definition) is 1. The number of rotatable bonds is 6. The van der Waals surface area contributed by atoms with E-state index in [9.17, 15) is 4.79 Å². The first-order chi connectivity index (χ1) is 13.7. The molecule has 0 fully saturated rings. The van der Waals surface area contributed by atoms with Gasteiger partial charge in [0.15, 0.2) is 11.5 Å². The molecule has 1 aromatic carbocycles. The monoisotopic (exact) mass is 411 g/mol. The lowest BCUT2D eigenvalue weighted by atomic mass is 10.1. The van der Waals surface area contributed by atoms with E-state index in [0.29, 0.717) is 10.7 Å². The van der Waals surface area contributed by atoms with Crippen LogP contribution in [0.1, 0.15) is 28.6 Å². The van der Waals surface area contributed by atoms with Crippen molar-refractivity contribution >= 4 is 45.8 Å². The van der Waals surface area contributed by atoms with Crippen LogP contribution in [0.3, 0.4) is 0 Å². The van der Waals surface area contributed by atoms with E-state index in [2.05, 4.69) is 20.5 Å². The molecule has 0 radical (unpaired) electrons. The van der Waals surface area contributed by atoms with E-state index in [0.717, 1.165) is 34.5 Å². The number of thioether (sulfide) groups is 1. The molecule has 0 spiro atoms. The maximum absolute atomic E-state index is 12.9. The van der Waals surface area contributed by atoms with Crippen molar-refractivity contribution < 1.29 is 4.79 Å². The summed E-state index contributed by atoms with van der Waals surface area (Å²) in [5.41, 5.74) is 2.08. The number of carbonyl (C=O) groups excluding carboxylic acids is 1. The summed E-state index contributed by atoms with van der Waals surface area (Å²) in [6, 6.07) is 14.5. The minimum atomic E-state index is -0.239. The molecule has 0 saturated carbocycles. The molecule has 0 bridgehead atoms. The number of halogens is 1. The van der Waals surface area contributed by atoms with Crippen molar-refractivity contribution in [3.05, 3.63) is 71.3 Å². The molecule has 3 aromatic heterocycles. The zero-order valence-electron chi connectivity index (χ0n) is 15.2. The second-order valence-electron chi connectivity index (χ2n) is 6.34. The molecule has 0 aliphatic carbocycles. The summed E-state index contributed by atoms with van der Waals surface area (Å²) in [5, 5.41) is 12.9. The van der Waals surface area contributed by atoms with Crippen LogP contribution in [-0.2, 0) is 0 Å². The van der Waals surface area contributed by atoms with Gasteiger partial charge in [0.25, 0.3) is 5.91 Å². The summed E-state index contributed by atoms with van der Waals surface area (Å²) in [6.45, 7) is 0. The van der Waals surface area contributed by atoms with Crippen LogP contribution in [-0.4, -0.2) is 37.5 Å². The third kappa shape index (κ3) is 3.81. The summed E-state index contributed by atoms with van der Waals surface area (Å²) >= 11 is 7.66. The lowest BCUT2D eigenvalue weighted by Crippen LogP contribution is -2.30. The fourth-order valence-electron chi connectivity index (χ4n) is 3.08. The Hall–Kier alpha value is -2.64. The standard InChI is InChI=1S/C20H18ClN5OS/c1-28-11-9-16(19-25-24-18-4-2-3-10-26(18)19)23-20(27)14-5-7-15-13(12-14)6-8-17(21)22-15/h2-8,10,12,16H,9,11H2,1H3,(H,23,27). The fourth-order valence-corrected chi connectivity index (χ4v) is 3.71. The van der Waals surface area contributed by atoms with Gasteiger partial charge in [0.1, 0.15) is 5.15 Å². The lowest BCUT2D eigenvalue weighted by molar-refractivity contribution is 0.0934. The summed E-state index contributed by atoms with van der Waals surface area (Å²) < 4.78 is 1.91. The Balaban J connectivity index is 1.63. The number of carbonyl (C=O) groups is 1. The molecule has 142 valence electrons. The van der Waals surface area contributed by atoms with Crippen LogP contribution in [0.2, 0.25) is 5.15 Å². The first-order valence-electron chi connectivity index (χ1n) is 8.81. The highest BCUT2D eigenvalue weighted by Crippen LogP contribution is 2.21. The van der Waals surface area contributed by atoms with Crippen LogP contribution in [0.4, 0.5) is 0 Å². The van der Waals surface area contributed by atoms with Crippen molar-refractivity contribution in [2.75, 3.05) is 12.0 Å². The van der Waals surface area contributed by atoms with Gasteiger partial charge in [-0.05, 0) is 60.9 Å². The highest BCUT2D eigenvalue weighted by Gasteiger charge is 2.21. The van der Waals surface area contributed by atoms with Crippen LogP contribution in [0.25, 0.3) is 16.6 Å². The molecular weight excluding hydrogens is 394 g/mol. The van der Waals surface area contributed by atoms with E-state index in [1.165, 1.54) is 0 Å². The molecule has 4 aromatic rings. The Labute approximate surface area is 171 Å². The van der Waals surface area contributed by atoms with Gasteiger partial charge in [-0.15, -0.1) is 10.2 Å². The van der Waals surface area contributed by atoms with Crippen molar-refractivity contribution in [3.63, 3.8) is 0 Å². The molecule has 0 aliphatic rings. The minimum Gasteiger partial charge on any atom is -0.342 e. The van der Waals surface area contributed by atoms with Gasteiger partial charge in [-0.25, -0.2) is 4.98 Å². The largest absolute Gasteiger partial charge is 0.342 e. The first kappa shape index (κ1) is 18.7. The number of hydrogen-bond acceptors (Lipinski definition) is 5. The van der Waals surface area contributed by atoms with Crippen LogP contribution in [0.5, 0.6) is 0 Å². The first-order valence-corrected chi connectivity index (χ1v) is 10.6. The van der Waals surface area contributed by atoms with Gasteiger partial charge in [0, 0.05) is 17.1 Å². The molecule has 4 rings (SSSR count). The highest BCUT2D eigenvalue weighted by atomic mass is 35.5. The Morgan fingerprint density at radius 3 is 2.96 bits per heavy atom. The molecule has 1 N–H and O–H groups in total.